The second-order valence-corrected chi connectivity index (χ2v) is 18.4. The Kier molecular flexibility index (Phi) is 7.07. The minimum absolute atomic E-state index is 0.146. The van der Waals surface area contributed by atoms with Crippen LogP contribution in [0.3, 0.4) is 0 Å². The highest BCUT2D eigenvalue weighted by Gasteiger charge is 2.37. The van der Waals surface area contributed by atoms with E-state index >= 15 is 0 Å². The molecule has 8 aromatic carbocycles. The molecule has 0 N–H and O–H groups in total. The predicted molar refractivity (Wildman–Crippen MR) is 252 cm³/mol. The summed E-state index contributed by atoms with van der Waals surface area (Å²) in [5, 5.41) is 6.84. The first kappa shape index (κ1) is 33.9. The molecule has 4 nitrogen and oxygen atoms in total. The van der Waals surface area contributed by atoms with E-state index in [1.807, 2.05) is 6.07 Å². The molecule has 1 aliphatic rings. The third-order valence-electron chi connectivity index (χ3n) is 12.6. The summed E-state index contributed by atoms with van der Waals surface area (Å²) in [5.74, 6) is 1.91. The van der Waals surface area contributed by atoms with E-state index < -0.39 is 0 Å². The number of fused-ring (bicyclic) bond motifs is 12. The van der Waals surface area contributed by atoms with E-state index in [1.165, 1.54) is 63.5 Å². The van der Waals surface area contributed by atoms with Gasteiger partial charge in [-0.15, -0.1) is 22.7 Å². The van der Waals surface area contributed by atoms with Crippen LogP contribution in [0.1, 0.15) is 25.0 Å². The molecule has 0 saturated heterocycles. The first-order valence-corrected chi connectivity index (χ1v) is 21.9. The fourth-order valence-corrected chi connectivity index (χ4v) is 12.2. The average Bonchev–Trinajstić information content (AvgIpc) is 4.04. The maximum absolute atomic E-state index is 6.64. The summed E-state index contributed by atoms with van der Waals surface area (Å²) in [4.78, 5) is 16.2. The Hall–Kier alpha value is -6.99. The Balaban J connectivity index is 1.07. The lowest BCUT2D eigenvalue weighted by Gasteiger charge is -2.24. The van der Waals surface area contributed by atoms with Crippen LogP contribution in [0.5, 0.6) is 0 Å². The Bertz CT molecular complexity index is 3770. The van der Waals surface area contributed by atoms with Gasteiger partial charge >= 0.3 is 0 Å². The Morgan fingerprint density at radius 3 is 1.85 bits per heavy atom. The lowest BCUT2D eigenvalue weighted by molar-refractivity contribution is 0.662. The molecule has 0 atom stereocenters. The minimum atomic E-state index is -0.146. The van der Waals surface area contributed by atoms with Crippen molar-refractivity contribution in [1.82, 2.24) is 15.0 Å². The number of furan rings is 1. The lowest BCUT2D eigenvalue weighted by Crippen LogP contribution is -2.16. The van der Waals surface area contributed by atoms with E-state index in [2.05, 4.69) is 172 Å². The molecule has 12 aromatic rings. The van der Waals surface area contributed by atoms with Gasteiger partial charge in [-0.25, -0.2) is 15.0 Å². The van der Waals surface area contributed by atoms with Crippen LogP contribution in [-0.2, 0) is 5.41 Å². The minimum Gasteiger partial charge on any atom is -0.456 e. The van der Waals surface area contributed by atoms with Crippen molar-refractivity contribution in [3.05, 3.63) is 175 Å². The number of hydrogen-bond acceptors (Lipinski definition) is 6. The largest absolute Gasteiger partial charge is 0.456 e. The summed E-state index contributed by atoms with van der Waals surface area (Å²) in [5.41, 5.74) is 12.1. The molecule has 0 fully saturated rings. The third kappa shape index (κ3) is 4.80. The number of nitrogens with zero attached hydrogens (tertiary/aromatic N) is 3. The maximum atomic E-state index is 6.64. The zero-order chi connectivity index (χ0) is 39.7. The molecule has 0 saturated carbocycles. The summed E-state index contributed by atoms with van der Waals surface area (Å²) in [7, 11) is 0. The second kappa shape index (κ2) is 12.5. The van der Waals surface area contributed by atoms with E-state index in [0.29, 0.717) is 17.5 Å². The monoisotopic (exact) mass is 803 g/mol. The highest BCUT2D eigenvalue weighted by Crippen LogP contribution is 2.52. The molecule has 0 radical (unpaired) electrons. The quantitative estimate of drug-likeness (QED) is 0.178. The Morgan fingerprint density at radius 1 is 0.417 bits per heavy atom. The smallest absolute Gasteiger partial charge is 0.165 e. The normalized spacial score (nSPS) is 13.3. The number of aromatic nitrogens is 3. The molecule has 1 aliphatic carbocycles. The maximum Gasteiger partial charge on any atom is 0.165 e. The van der Waals surface area contributed by atoms with Gasteiger partial charge in [-0.05, 0) is 75.8 Å². The Labute approximate surface area is 353 Å². The summed E-state index contributed by atoms with van der Waals surface area (Å²) in [6, 6.07) is 58.6. The van der Waals surface area contributed by atoms with Gasteiger partial charge in [-0.1, -0.05) is 135 Å². The highest BCUT2D eigenvalue weighted by molar-refractivity contribution is 7.26. The van der Waals surface area contributed by atoms with Crippen LogP contribution in [0, 0.1) is 0 Å². The van der Waals surface area contributed by atoms with Crippen LogP contribution in [0.25, 0.3) is 119 Å². The number of hydrogen-bond donors (Lipinski definition) is 0. The number of thiophene rings is 2. The fourth-order valence-electron chi connectivity index (χ4n) is 9.89. The van der Waals surface area contributed by atoms with Crippen molar-refractivity contribution in [1.29, 1.82) is 0 Å². The molecule has 13 rings (SSSR count). The van der Waals surface area contributed by atoms with Crippen molar-refractivity contribution < 1.29 is 4.42 Å². The molecular formula is C54H33N3OS2. The standard InChI is InChI=1S/C54H33N3OS2/c1-54(2)41-22-6-3-13-32(41)34-17-9-16-31(49(34)54)30-27-28-42-40(29-30)47-37(19-11-23-43(47)58-42)51-55-52(38-20-12-26-46-48(38)36-15-5-8-25-45(36)59-46)57-53(56-51)39-21-10-18-35-33-14-4-7-24-44(33)60-50(35)39/h3-29H,1-2H3. The van der Waals surface area contributed by atoms with Gasteiger partial charge in [0.15, 0.2) is 17.5 Å². The van der Waals surface area contributed by atoms with Crippen molar-refractivity contribution in [3.63, 3.8) is 0 Å². The van der Waals surface area contributed by atoms with Crippen LogP contribution in [0.2, 0.25) is 0 Å². The lowest BCUT2D eigenvalue weighted by atomic mass is 9.79. The number of rotatable bonds is 4. The zero-order valence-corrected chi connectivity index (χ0v) is 34.3. The predicted octanol–water partition coefficient (Wildman–Crippen LogP) is 15.5. The van der Waals surface area contributed by atoms with Gasteiger partial charge in [0, 0.05) is 73.2 Å². The van der Waals surface area contributed by atoms with Gasteiger partial charge in [0.1, 0.15) is 11.2 Å². The van der Waals surface area contributed by atoms with E-state index in [9.17, 15) is 0 Å². The van der Waals surface area contributed by atoms with Crippen LogP contribution < -0.4 is 0 Å². The second-order valence-electron chi connectivity index (χ2n) is 16.3. The van der Waals surface area contributed by atoms with Gasteiger partial charge in [0.25, 0.3) is 0 Å². The summed E-state index contributed by atoms with van der Waals surface area (Å²) in [6.45, 7) is 4.69. The van der Waals surface area contributed by atoms with Crippen LogP contribution in [-0.4, -0.2) is 15.0 Å². The molecule has 0 aliphatic heterocycles. The van der Waals surface area contributed by atoms with Crippen LogP contribution >= 0.6 is 22.7 Å². The van der Waals surface area contributed by atoms with Crippen LogP contribution in [0.4, 0.5) is 0 Å². The zero-order valence-electron chi connectivity index (χ0n) is 32.7. The van der Waals surface area contributed by atoms with E-state index in [-0.39, 0.29) is 5.41 Å². The van der Waals surface area contributed by atoms with E-state index in [1.54, 1.807) is 22.7 Å². The molecule has 0 unspecified atom stereocenters. The summed E-state index contributed by atoms with van der Waals surface area (Å²) in [6.07, 6.45) is 0. The van der Waals surface area contributed by atoms with E-state index in [4.69, 9.17) is 19.4 Å². The molecule has 6 heteroatoms. The van der Waals surface area contributed by atoms with Crippen LogP contribution in [0.15, 0.2) is 168 Å². The number of benzene rings is 8. The SMILES string of the molecule is CC1(C)c2ccccc2-c2cccc(-c3ccc4oc5cccc(-c6nc(-c7cccc8c7sc7ccccc78)nc(-c7cccc8sc9ccccc9c78)n6)c5c4c3)c21. The topological polar surface area (TPSA) is 51.8 Å². The van der Waals surface area contributed by atoms with Crippen molar-refractivity contribution >= 4 is 85.0 Å². The van der Waals surface area contributed by atoms with Crippen molar-refractivity contribution in [2.45, 2.75) is 19.3 Å². The van der Waals surface area contributed by atoms with Crippen molar-refractivity contribution in [2.24, 2.45) is 0 Å². The van der Waals surface area contributed by atoms with Gasteiger partial charge < -0.3 is 4.42 Å². The molecule has 282 valence electrons. The molecule has 0 spiro atoms. The Morgan fingerprint density at radius 2 is 1.00 bits per heavy atom. The molecular weight excluding hydrogens is 771 g/mol. The summed E-state index contributed by atoms with van der Waals surface area (Å²) >= 11 is 3.59. The van der Waals surface area contributed by atoms with Crippen molar-refractivity contribution in [3.8, 4) is 56.4 Å². The fraction of sp³-hybridized carbons (Fsp3) is 0.0556. The van der Waals surface area contributed by atoms with Gasteiger partial charge in [-0.2, -0.15) is 0 Å². The average molecular weight is 804 g/mol. The van der Waals surface area contributed by atoms with E-state index in [0.717, 1.165) is 48.9 Å². The summed E-state index contributed by atoms with van der Waals surface area (Å²) < 4.78 is 11.5. The van der Waals surface area contributed by atoms with Crippen molar-refractivity contribution in [2.75, 3.05) is 0 Å². The molecule has 0 bridgehead atoms. The first-order chi connectivity index (χ1) is 29.5. The highest BCUT2D eigenvalue weighted by atomic mass is 32.1. The van der Waals surface area contributed by atoms with Gasteiger partial charge in [0.05, 0.1) is 0 Å². The van der Waals surface area contributed by atoms with Gasteiger partial charge in [-0.3, -0.25) is 0 Å². The molecule has 0 amide bonds. The van der Waals surface area contributed by atoms with Gasteiger partial charge in [0.2, 0.25) is 0 Å². The molecule has 60 heavy (non-hydrogen) atoms. The molecule has 4 aromatic heterocycles. The molecule has 4 heterocycles. The third-order valence-corrected chi connectivity index (χ3v) is 14.9. The first-order valence-electron chi connectivity index (χ1n) is 20.3.